The van der Waals surface area contributed by atoms with E-state index in [1.807, 2.05) is 0 Å². The summed E-state index contributed by atoms with van der Waals surface area (Å²) in [5, 5.41) is 8.52. The molecule has 0 amide bonds. The second kappa shape index (κ2) is 5.06. The first kappa shape index (κ1) is 13.0. The van der Waals surface area contributed by atoms with Gasteiger partial charge >= 0.3 is 5.97 Å². The summed E-state index contributed by atoms with van der Waals surface area (Å²) in [6.07, 6.45) is 3.47. The van der Waals surface area contributed by atoms with Gasteiger partial charge in [0.2, 0.25) is 0 Å². The first-order valence-electron chi connectivity index (χ1n) is 5.15. The number of pyridine rings is 1. The molecule has 9 heteroatoms. The van der Waals surface area contributed by atoms with Gasteiger partial charge in [-0.1, -0.05) is 0 Å². The maximum absolute atomic E-state index is 11.8. The number of hydrogen-bond acceptors (Lipinski definition) is 5. The van der Waals surface area contributed by atoms with Crippen LogP contribution in [0.1, 0.15) is 5.69 Å². The molecule has 2 rings (SSSR count). The Bertz CT molecular complexity index is 664. The number of nitrogens with zero attached hydrogens (tertiary/aromatic N) is 2. The molecule has 0 aliphatic carbocycles. The van der Waals surface area contributed by atoms with Crippen molar-refractivity contribution in [1.29, 1.82) is 0 Å². The largest absolute Gasteiger partial charge is 0.481 e. The second-order valence-electron chi connectivity index (χ2n) is 3.63. The summed E-state index contributed by atoms with van der Waals surface area (Å²) in [6, 6.07) is 2.89. The Labute approximate surface area is 108 Å². The van der Waals surface area contributed by atoms with E-state index in [4.69, 9.17) is 5.11 Å². The van der Waals surface area contributed by atoms with Crippen molar-refractivity contribution in [2.24, 2.45) is 0 Å². The zero-order valence-corrected chi connectivity index (χ0v) is 10.4. The van der Waals surface area contributed by atoms with E-state index in [0.717, 1.165) is 0 Å². The van der Waals surface area contributed by atoms with Crippen LogP contribution in [-0.2, 0) is 21.2 Å². The summed E-state index contributed by atoms with van der Waals surface area (Å²) in [5.41, 5.74) is 0.584. The van der Waals surface area contributed by atoms with E-state index in [9.17, 15) is 13.2 Å². The lowest BCUT2D eigenvalue weighted by Gasteiger charge is -2.06. The minimum Gasteiger partial charge on any atom is -0.481 e. The summed E-state index contributed by atoms with van der Waals surface area (Å²) in [4.78, 5) is 20.4. The molecule has 3 N–H and O–H groups in total. The van der Waals surface area contributed by atoms with Crippen LogP contribution in [0, 0.1) is 0 Å². The molecular formula is C10H10N4O4S. The van der Waals surface area contributed by atoms with Crippen molar-refractivity contribution in [3.8, 4) is 0 Å². The normalized spacial score (nSPS) is 11.2. The van der Waals surface area contributed by atoms with Crippen molar-refractivity contribution in [2.75, 3.05) is 4.72 Å². The number of rotatable bonds is 5. The van der Waals surface area contributed by atoms with E-state index >= 15 is 0 Å². The van der Waals surface area contributed by atoms with Gasteiger partial charge < -0.3 is 10.1 Å². The number of H-pyrrole nitrogens is 1. The summed E-state index contributed by atoms with van der Waals surface area (Å²) in [6.45, 7) is 0. The van der Waals surface area contributed by atoms with Gasteiger partial charge in [-0.05, 0) is 12.1 Å². The fourth-order valence-corrected chi connectivity index (χ4v) is 2.29. The fourth-order valence-electron chi connectivity index (χ4n) is 1.34. The third kappa shape index (κ3) is 3.28. The number of imidazole rings is 1. The average Bonchev–Trinajstić information content (AvgIpc) is 2.85. The Hall–Kier alpha value is -2.42. The van der Waals surface area contributed by atoms with Gasteiger partial charge in [0.1, 0.15) is 0 Å². The summed E-state index contributed by atoms with van der Waals surface area (Å²) >= 11 is 0. The van der Waals surface area contributed by atoms with E-state index in [1.165, 1.54) is 30.9 Å². The molecule has 0 saturated carbocycles. The summed E-state index contributed by atoms with van der Waals surface area (Å²) < 4.78 is 25.9. The van der Waals surface area contributed by atoms with Crippen molar-refractivity contribution in [3.05, 3.63) is 36.5 Å². The van der Waals surface area contributed by atoms with E-state index in [1.54, 1.807) is 0 Å². The minimum atomic E-state index is -3.73. The van der Waals surface area contributed by atoms with Gasteiger partial charge in [-0.3, -0.25) is 14.5 Å². The molecule has 0 saturated heterocycles. The number of carboxylic acid groups (broad SMARTS) is 1. The number of aromatic amines is 1. The average molecular weight is 282 g/mol. The minimum absolute atomic E-state index is 0.0675. The molecule has 0 fully saturated rings. The zero-order valence-electron chi connectivity index (χ0n) is 9.57. The first-order chi connectivity index (χ1) is 8.97. The lowest BCUT2D eigenvalue weighted by molar-refractivity contribution is -0.136. The number of anilines is 1. The number of carbonyl (C=O) groups is 1. The van der Waals surface area contributed by atoms with E-state index in [0.29, 0.717) is 5.69 Å². The molecule has 0 spiro atoms. The second-order valence-corrected chi connectivity index (χ2v) is 5.28. The molecule has 0 atom stereocenters. The molecule has 2 aromatic rings. The van der Waals surface area contributed by atoms with Crippen molar-refractivity contribution in [2.45, 2.75) is 11.4 Å². The van der Waals surface area contributed by atoms with Crippen molar-refractivity contribution < 1.29 is 18.3 Å². The standard InChI is InChI=1S/C10H10N4O4S/c15-10(16)3-7-1-2-8(4-12-7)14-19(17,18)9-5-11-6-13-9/h1-2,4-6,14H,3H2,(H,11,13)(H,15,16). The van der Waals surface area contributed by atoms with Crippen molar-refractivity contribution in [1.82, 2.24) is 15.0 Å². The molecule has 0 aliphatic heterocycles. The van der Waals surface area contributed by atoms with Crippen LogP contribution in [0.5, 0.6) is 0 Å². The Morgan fingerprint density at radius 1 is 1.37 bits per heavy atom. The fraction of sp³-hybridized carbons (Fsp3) is 0.100. The first-order valence-corrected chi connectivity index (χ1v) is 6.63. The van der Waals surface area contributed by atoms with Gasteiger partial charge in [0.05, 0.1) is 36.5 Å². The highest BCUT2D eigenvalue weighted by molar-refractivity contribution is 7.92. The van der Waals surface area contributed by atoms with Gasteiger partial charge in [-0.2, -0.15) is 8.42 Å². The Morgan fingerprint density at radius 3 is 2.68 bits per heavy atom. The Morgan fingerprint density at radius 2 is 2.16 bits per heavy atom. The van der Waals surface area contributed by atoms with Gasteiger partial charge in [-0.15, -0.1) is 0 Å². The molecule has 0 unspecified atom stereocenters. The molecule has 2 heterocycles. The summed E-state index contributed by atoms with van der Waals surface area (Å²) in [5.74, 6) is -1.00. The van der Waals surface area contributed by atoms with Crippen LogP contribution in [0.25, 0.3) is 0 Å². The monoisotopic (exact) mass is 282 g/mol. The molecule has 0 aliphatic rings. The van der Waals surface area contributed by atoms with Crippen LogP contribution in [0.15, 0.2) is 35.9 Å². The van der Waals surface area contributed by atoms with Crippen molar-refractivity contribution in [3.63, 3.8) is 0 Å². The van der Waals surface area contributed by atoms with Crippen LogP contribution in [0.2, 0.25) is 0 Å². The van der Waals surface area contributed by atoms with Gasteiger partial charge in [0.25, 0.3) is 10.0 Å². The van der Waals surface area contributed by atoms with Gasteiger partial charge in [0, 0.05) is 0 Å². The van der Waals surface area contributed by atoms with E-state index in [-0.39, 0.29) is 17.1 Å². The molecule has 8 nitrogen and oxygen atoms in total. The quantitative estimate of drug-likeness (QED) is 0.721. The van der Waals surface area contributed by atoms with Crippen LogP contribution >= 0.6 is 0 Å². The number of nitrogens with one attached hydrogen (secondary N) is 2. The Balaban J connectivity index is 2.14. The van der Waals surface area contributed by atoms with E-state index < -0.39 is 16.0 Å². The lowest BCUT2D eigenvalue weighted by Crippen LogP contribution is -2.13. The molecule has 0 aromatic carbocycles. The van der Waals surface area contributed by atoms with Crippen LogP contribution in [-0.4, -0.2) is 34.4 Å². The van der Waals surface area contributed by atoms with Gasteiger partial charge in [0.15, 0.2) is 5.03 Å². The van der Waals surface area contributed by atoms with E-state index in [2.05, 4.69) is 19.7 Å². The molecule has 0 bridgehead atoms. The predicted molar refractivity (Wildman–Crippen MR) is 65.0 cm³/mol. The maximum Gasteiger partial charge on any atom is 0.309 e. The topological polar surface area (TPSA) is 125 Å². The third-order valence-electron chi connectivity index (χ3n) is 2.17. The number of carboxylic acids is 1. The number of sulfonamides is 1. The van der Waals surface area contributed by atoms with Gasteiger partial charge in [-0.25, -0.2) is 4.98 Å². The smallest absolute Gasteiger partial charge is 0.309 e. The number of hydrogen-bond donors (Lipinski definition) is 3. The number of aromatic nitrogens is 3. The molecule has 2 aromatic heterocycles. The maximum atomic E-state index is 11.8. The Kier molecular flexibility index (Phi) is 3.47. The van der Waals surface area contributed by atoms with Crippen LogP contribution in [0.4, 0.5) is 5.69 Å². The molecular weight excluding hydrogens is 272 g/mol. The molecule has 19 heavy (non-hydrogen) atoms. The SMILES string of the molecule is O=C(O)Cc1ccc(NS(=O)(=O)c2cnc[nH]2)cn1. The van der Waals surface area contributed by atoms with Crippen LogP contribution < -0.4 is 4.72 Å². The molecule has 0 radical (unpaired) electrons. The highest BCUT2D eigenvalue weighted by atomic mass is 32.2. The van der Waals surface area contributed by atoms with Crippen molar-refractivity contribution >= 4 is 21.7 Å². The lowest BCUT2D eigenvalue weighted by atomic mass is 10.3. The highest BCUT2D eigenvalue weighted by Crippen LogP contribution is 2.13. The summed E-state index contributed by atoms with van der Waals surface area (Å²) in [7, 11) is -3.73. The highest BCUT2D eigenvalue weighted by Gasteiger charge is 2.15. The number of aliphatic carboxylic acids is 1. The molecule has 100 valence electrons. The third-order valence-corrected chi connectivity index (χ3v) is 3.48. The zero-order chi connectivity index (χ0) is 13.9. The predicted octanol–water partition coefficient (Wildman–Crippen LogP) is 0.233. The van der Waals surface area contributed by atoms with Crippen LogP contribution in [0.3, 0.4) is 0 Å².